The van der Waals surface area contributed by atoms with Gasteiger partial charge in [0.15, 0.2) is 0 Å². The van der Waals surface area contributed by atoms with Crippen molar-refractivity contribution in [2.75, 3.05) is 38.5 Å². The molecule has 44 nitrogen and oxygen atoms in total. The molecule has 3 aromatic carbocycles. The molecule has 49 heteroatoms. The number of hydrazine groups is 3. The maximum Gasteiger partial charge on any atom is 1.00 e. The van der Waals surface area contributed by atoms with Crippen molar-refractivity contribution in [1.29, 1.82) is 0 Å². The number of ether oxygens (including phenoxy) is 5. The van der Waals surface area contributed by atoms with Crippen LogP contribution in [0.3, 0.4) is 0 Å². The van der Waals surface area contributed by atoms with Crippen LogP contribution >= 0.6 is 35.6 Å². The van der Waals surface area contributed by atoms with Crippen LogP contribution in [0.5, 0.6) is 0 Å². The van der Waals surface area contributed by atoms with E-state index in [1.165, 1.54) is 49.7 Å². The number of halogens is 3. The molecule has 788 valence electrons. The van der Waals surface area contributed by atoms with Gasteiger partial charge in [0, 0.05) is 69.1 Å². The number of rotatable bonds is 11. The number of anilines is 8. The normalized spacial score (nSPS) is 15.7. The number of carboxylic acid groups (broad SMARTS) is 3. The van der Waals surface area contributed by atoms with Gasteiger partial charge in [-0.2, -0.15) is 35.0 Å². The van der Waals surface area contributed by atoms with Gasteiger partial charge < -0.3 is 76.8 Å². The number of aromatic carboxylic acids is 3. The topological polar surface area (TPSA) is 575 Å². The standard InChI is InChI=1S/C25H28N6O5.C24H34ClN5O6.C21H21N5O3.C18H22ClN5O3.C7H7NO2.CH2O3.3CH4.ClH.2Cs.H/c1-24(2,3)36-23(35)31-18-13-16-14-26-22(27-17-9-7-15(8-10-17)20(32)33)28-19(16)30(18)25(21(34)29-31)11-5-4-6-12-25;1-22(2,3)35-20(32)28-30(21(33)36-23(4,5)6)16-13-15-14-26-19(25)27-17(15)29(16)24(18(31)34-7)11-9-8-10-12-24;27-18(28)13-4-6-15(7-5-13)24-20-23-11-14-10-16-12-22-19(29)21(8-2-1-3-9-21)26(16)17(14)25-20;1-17(2,3)27-16(26)24-12-9-11-10-20-15(19)21-13(11)23(12)18(14(25)22-24)7-5-4-6-8-18;8-6-3-1-5(2-4-6)7(9)10;2-1-4-3;;;;;;;/h7-10,13-14H,4-6,11-12H2,1-3H3,(H,29,34)(H,32,33)(H,26,27,28);13-14H,8-12H2,1-7H3,(H,28,32);4-7,10-11H,1-3,8-9,12H2,(H,22,29)(H,27,28)(H,23,24,25);9-10H,4-8H2,1-3H3,(H,22,25);1-4H,8H2,(H,9,10);1,3H;3*1H4;1H;;;/q;;;;;;;;;;2*+1;-1/p-1. The predicted octanol–water partition coefficient (Wildman–Crippen LogP) is 12.0. The first-order chi connectivity index (χ1) is 67.1. The molecular formula is C99H127Cl3Cs2N22O22. The Morgan fingerprint density at radius 3 is 1.18 bits per heavy atom. The third-order valence-electron chi connectivity index (χ3n) is 24.2. The number of nitrogen functional groups attached to an aromatic ring is 1. The number of fused-ring (bicyclic) bond motifs is 13. The summed E-state index contributed by atoms with van der Waals surface area (Å²) in [4.78, 5) is 184. The largest absolute Gasteiger partial charge is 1.00 e. The van der Waals surface area contributed by atoms with Crippen molar-refractivity contribution in [2.45, 2.75) is 285 Å². The van der Waals surface area contributed by atoms with Gasteiger partial charge in [-0.15, -0.1) is 12.4 Å². The molecule has 11 aromatic rings. The van der Waals surface area contributed by atoms with E-state index in [1.807, 2.05) is 9.13 Å². The third-order valence-corrected chi connectivity index (χ3v) is 24.6. The number of nitrogens with two attached hydrogens (primary N) is 1. The van der Waals surface area contributed by atoms with Crippen molar-refractivity contribution in [2.24, 2.45) is 0 Å². The first-order valence-corrected chi connectivity index (χ1v) is 46.8. The fourth-order valence-electron chi connectivity index (χ4n) is 18.3. The smallest absolute Gasteiger partial charge is 1.00 e. The molecule has 3 aliphatic heterocycles. The van der Waals surface area contributed by atoms with E-state index in [2.05, 4.69) is 77.7 Å². The summed E-state index contributed by atoms with van der Waals surface area (Å²) < 4.78 is 34.7. The van der Waals surface area contributed by atoms with Crippen LogP contribution in [0.25, 0.3) is 44.1 Å². The third kappa shape index (κ3) is 28.8. The summed E-state index contributed by atoms with van der Waals surface area (Å²) >= 11 is 12.2. The van der Waals surface area contributed by atoms with E-state index in [0.29, 0.717) is 113 Å². The number of hydrogen-bond acceptors (Lipinski definition) is 30. The molecule has 18 rings (SSSR count). The Morgan fingerprint density at radius 1 is 0.473 bits per heavy atom. The molecule has 7 aliphatic rings. The van der Waals surface area contributed by atoms with Gasteiger partial charge in [0.25, 0.3) is 18.3 Å². The Hall–Kier alpha value is -10.7. The van der Waals surface area contributed by atoms with Gasteiger partial charge in [-0.25, -0.2) is 63.7 Å². The van der Waals surface area contributed by atoms with Gasteiger partial charge >= 0.3 is 186 Å². The van der Waals surface area contributed by atoms with Crippen LogP contribution < -0.4 is 196 Å². The average molecular weight is 2350 g/mol. The monoisotopic (exact) mass is 2350 g/mol. The molecule has 0 bridgehead atoms. The van der Waals surface area contributed by atoms with E-state index in [1.54, 1.807) is 161 Å². The second kappa shape index (κ2) is 51.9. The predicted molar refractivity (Wildman–Crippen MR) is 547 cm³/mol. The molecule has 4 aliphatic carbocycles. The van der Waals surface area contributed by atoms with Crippen LogP contribution in [0.1, 0.15) is 272 Å². The first-order valence-electron chi connectivity index (χ1n) is 46.1. The van der Waals surface area contributed by atoms with Crippen molar-refractivity contribution < 1.29 is 246 Å². The van der Waals surface area contributed by atoms with Crippen LogP contribution in [0.4, 0.5) is 65.6 Å². The number of carbonyl (C=O) groups excluding carboxylic acids is 9. The maximum atomic E-state index is 13.5. The number of carbonyl (C=O) groups is 12. The fourth-order valence-corrected chi connectivity index (χ4v) is 18.5. The van der Waals surface area contributed by atoms with Crippen LogP contribution in [0.2, 0.25) is 10.6 Å². The van der Waals surface area contributed by atoms with Crippen molar-refractivity contribution in [3.8, 4) is 0 Å². The first kappa shape index (κ1) is 124. The minimum Gasteiger partial charge on any atom is -1.00 e. The van der Waals surface area contributed by atoms with Crippen molar-refractivity contribution in [1.82, 2.24) is 79.7 Å². The molecule has 0 atom stereocenters. The fraction of sp³-hybridized carbons (Fsp3) is 0.455. The second-order valence-electron chi connectivity index (χ2n) is 38.9. The van der Waals surface area contributed by atoms with Crippen molar-refractivity contribution in [3.05, 3.63) is 155 Å². The van der Waals surface area contributed by atoms with Gasteiger partial charge in [-0.05, 0) is 255 Å². The summed E-state index contributed by atoms with van der Waals surface area (Å²) in [6.07, 6.45) is 19.9. The zero-order valence-corrected chi connectivity index (χ0v) is 97.9. The number of esters is 1. The molecule has 11 N–H and O–H groups in total. The van der Waals surface area contributed by atoms with Gasteiger partial charge in [-0.3, -0.25) is 43.7 Å². The number of amides is 7. The van der Waals surface area contributed by atoms with Crippen molar-refractivity contribution in [3.63, 3.8) is 0 Å². The minimum absolute atomic E-state index is 0. The Labute approximate surface area is 990 Å². The molecular weight excluding hydrogens is 2220 g/mol. The number of nitrogens with one attached hydrogen (secondary N) is 6. The summed E-state index contributed by atoms with van der Waals surface area (Å²) in [6, 6.07) is 25.9. The molecule has 0 radical (unpaired) electrons. The van der Waals surface area contributed by atoms with E-state index in [-0.39, 0.29) is 237 Å². The average Bonchev–Trinajstić information content (AvgIpc) is 1.60. The molecule has 7 amide bonds. The van der Waals surface area contributed by atoms with Gasteiger partial charge in [-0.1, -0.05) is 99.3 Å². The van der Waals surface area contributed by atoms with E-state index < -0.39 is 92.8 Å². The zero-order chi connectivity index (χ0) is 103. The minimum atomic E-state index is -1.20. The molecule has 3 spiro atoms. The molecule has 4 fully saturated rings. The summed E-state index contributed by atoms with van der Waals surface area (Å²) in [7, 11) is 1.32. The number of benzene rings is 3. The maximum absolute atomic E-state index is 13.5. The molecule has 4 saturated carbocycles. The number of methoxy groups -OCH3 is 1. The molecule has 0 unspecified atom stereocenters. The van der Waals surface area contributed by atoms with Crippen molar-refractivity contribution >= 4 is 199 Å². The van der Waals surface area contributed by atoms with E-state index in [9.17, 15) is 52.7 Å². The molecule has 8 aromatic heterocycles. The van der Waals surface area contributed by atoms with Gasteiger partial charge in [0.05, 0.1) is 30.3 Å². The van der Waals surface area contributed by atoms with Crippen LogP contribution in [0, 0.1) is 0 Å². The molecule has 11 heterocycles. The summed E-state index contributed by atoms with van der Waals surface area (Å²) in [6.45, 7) is 21.2. The van der Waals surface area contributed by atoms with Crippen LogP contribution in [-0.2, 0) is 81.2 Å². The number of aromatic nitrogens is 12. The SMILES string of the molecule is C.C.C.CC(C)(C)OC(=O)N1NC(=O)C2(CCCCC2)n2c1cc1cnc(Cl)nc12.CC(C)(C)OC(=O)N1NC(=O)C2(CCCCC2)n2c1cc1cnc(Nc3ccc(C(=O)O)cc3)nc12.COC(=O)C1(n2c(N(NC(=O)OC(C)(C)C)C(=O)OC(C)(C)C)cc3cnc(Cl)nc32)CCCCC1.Cl.Nc1ccc(C(=O)O)cc1.O=C(O)c1ccc(Nc2ncc3cc4n(c3n2)C2(CCCCC2)C(=O)NC4)cc1.O=CO[O-].[Cs+].[Cs+].[H-]. The molecule has 148 heavy (non-hydrogen) atoms. The number of carboxylic acids is 3. The van der Waals surface area contributed by atoms with Crippen LogP contribution in [-0.4, -0.2) is 175 Å². The summed E-state index contributed by atoms with van der Waals surface area (Å²) in [5.74, 6) is -2.00. The van der Waals surface area contributed by atoms with E-state index in [0.717, 1.165) is 122 Å². The summed E-state index contributed by atoms with van der Waals surface area (Å²) in [5.41, 5.74) is 12.5. The Kier molecular flexibility index (Phi) is 43.6. The quantitative estimate of drug-likeness (QED) is 0.0109. The zero-order valence-electron chi connectivity index (χ0n) is 84.0. The van der Waals surface area contributed by atoms with Gasteiger partial charge in [0.2, 0.25) is 28.4 Å². The second-order valence-corrected chi connectivity index (χ2v) is 39.6. The Bertz CT molecular complexity index is 6620. The van der Waals surface area contributed by atoms with E-state index in [4.69, 9.17) is 88.0 Å². The summed E-state index contributed by atoms with van der Waals surface area (Å²) in [5, 5.41) is 50.4. The number of hydrogen-bond donors (Lipinski definition) is 10. The van der Waals surface area contributed by atoms with Crippen LogP contribution in [0.15, 0.2) is 122 Å². The Morgan fingerprint density at radius 2 is 0.811 bits per heavy atom. The van der Waals surface area contributed by atoms with Gasteiger partial charge in [0.1, 0.15) is 84.6 Å². The number of nitrogens with zero attached hydrogens (tertiary/aromatic N) is 15. The van der Waals surface area contributed by atoms with E-state index >= 15 is 0 Å². The molecule has 0 saturated heterocycles. The Balaban J connectivity index is 0.000000287.